The standard InChI is InChI=1S/C23H20FN3O3/c24-18-10-5-4-9-17(18)20-19(21(28)16-7-2-1-3-8-16)22(29)23(30)27(20)13-6-12-26-14-11-25-15-26/h1-5,7-11,14-15,20,28H,6,12-13H2/t20-/m0/s1. The van der Waals surface area contributed by atoms with Gasteiger partial charge in [-0.05, 0) is 12.5 Å². The summed E-state index contributed by atoms with van der Waals surface area (Å²) in [6.45, 7) is 0.818. The van der Waals surface area contributed by atoms with Crippen LogP contribution in [0.25, 0.3) is 5.76 Å². The molecule has 0 radical (unpaired) electrons. The molecule has 6 nitrogen and oxygen atoms in total. The van der Waals surface area contributed by atoms with Crippen molar-refractivity contribution in [3.63, 3.8) is 0 Å². The Hall–Kier alpha value is -3.74. The van der Waals surface area contributed by atoms with Crippen LogP contribution in [0.1, 0.15) is 23.6 Å². The predicted octanol–water partition coefficient (Wildman–Crippen LogP) is 3.53. The molecule has 0 saturated carbocycles. The van der Waals surface area contributed by atoms with E-state index in [1.807, 2.05) is 4.57 Å². The minimum atomic E-state index is -0.991. The summed E-state index contributed by atoms with van der Waals surface area (Å²) in [5.74, 6) is -2.40. The molecule has 1 aromatic heterocycles. The van der Waals surface area contributed by atoms with Crippen molar-refractivity contribution in [2.45, 2.75) is 19.0 Å². The Morgan fingerprint density at radius 1 is 1.03 bits per heavy atom. The van der Waals surface area contributed by atoms with Crippen molar-refractivity contribution in [1.29, 1.82) is 0 Å². The molecule has 1 aliphatic rings. The number of nitrogens with zero attached hydrogens (tertiary/aromatic N) is 3. The number of ketones is 1. The van der Waals surface area contributed by atoms with Crippen LogP contribution in [-0.2, 0) is 16.1 Å². The number of carbonyl (C=O) groups is 2. The number of aryl methyl sites for hydroxylation is 1. The van der Waals surface area contributed by atoms with Gasteiger partial charge in [-0.15, -0.1) is 0 Å². The highest BCUT2D eigenvalue weighted by atomic mass is 19.1. The van der Waals surface area contributed by atoms with Gasteiger partial charge >= 0.3 is 0 Å². The van der Waals surface area contributed by atoms with E-state index in [4.69, 9.17) is 0 Å². The average Bonchev–Trinajstić information content (AvgIpc) is 3.37. The van der Waals surface area contributed by atoms with Crippen molar-refractivity contribution >= 4 is 17.4 Å². The Morgan fingerprint density at radius 2 is 1.77 bits per heavy atom. The molecular formula is C23H20FN3O3. The molecule has 7 heteroatoms. The summed E-state index contributed by atoms with van der Waals surface area (Å²) in [7, 11) is 0. The van der Waals surface area contributed by atoms with Crippen LogP contribution < -0.4 is 0 Å². The van der Waals surface area contributed by atoms with Gasteiger partial charge in [0.25, 0.3) is 11.7 Å². The summed E-state index contributed by atoms with van der Waals surface area (Å²) in [6, 6.07) is 13.5. The van der Waals surface area contributed by atoms with Gasteiger partial charge in [-0.1, -0.05) is 48.5 Å². The first-order valence-corrected chi connectivity index (χ1v) is 9.62. The van der Waals surface area contributed by atoms with Crippen LogP contribution >= 0.6 is 0 Å². The number of rotatable bonds is 6. The second-order valence-corrected chi connectivity index (χ2v) is 7.03. The summed E-state index contributed by atoms with van der Waals surface area (Å²) in [5, 5.41) is 10.9. The van der Waals surface area contributed by atoms with Gasteiger partial charge in [0, 0.05) is 36.6 Å². The van der Waals surface area contributed by atoms with E-state index in [0.29, 0.717) is 18.5 Å². The number of aromatic nitrogens is 2. The van der Waals surface area contributed by atoms with Crippen LogP contribution in [0.4, 0.5) is 4.39 Å². The number of halogens is 1. The highest BCUT2D eigenvalue weighted by Gasteiger charge is 2.46. The SMILES string of the molecule is O=C1C(=O)N(CCCn2ccnc2)[C@@H](c2ccccc2F)C1=C(O)c1ccccc1. The molecule has 4 rings (SSSR count). The van der Waals surface area contributed by atoms with Crippen molar-refractivity contribution in [1.82, 2.24) is 14.5 Å². The normalized spacial score (nSPS) is 18.2. The molecule has 1 N–H and O–H groups in total. The van der Waals surface area contributed by atoms with Crippen LogP contribution in [0.5, 0.6) is 0 Å². The quantitative estimate of drug-likeness (QED) is 0.387. The Bertz CT molecular complexity index is 1090. The fourth-order valence-electron chi connectivity index (χ4n) is 3.72. The summed E-state index contributed by atoms with van der Waals surface area (Å²) < 4.78 is 16.5. The summed E-state index contributed by atoms with van der Waals surface area (Å²) in [5.41, 5.74) is 0.478. The lowest BCUT2D eigenvalue weighted by Gasteiger charge is -2.25. The molecule has 1 atom stereocenters. The zero-order valence-electron chi connectivity index (χ0n) is 16.1. The molecule has 0 unspecified atom stereocenters. The Balaban J connectivity index is 1.74. The van der Waals surface area contributed by atoms with Crippen LogP contribution in [0.15, 0.2) is 78.9 Å². The summed E-state index contributed by atoms with van der Waals surface area (Å²) in [6.07, 6.45) is 5.67. The number of imidazole rings is 1. The van der Waals surface area contributed by atoms with Gasteiger partial charge in [-0.25, -0.2) is 9.37 Å². The third kappa shape index (κ3) is 3.61. The van der Waals surface area contributed by atoms with Crippen molar-refractivity contribution in [3.05, 3.63) is 95.8 Å². The fourth-order valence-corrected chi connectivity index (χ4v) is 3.72. The first-order chi connectivity index (χ1) is 14.6. The summed E-state index contributed by atoms with van der Waals surface area (Å²) in [4.78, 5) is 31.0. The number of aliphatic hydroxyl groups is 1. The van der Waals surface area contributed by atoms with E-state index in [1.165, 1.54) is 17.0 Å². The number of amides is 1. The molecule has 3 aromatic rings. The fraction of sp³-hybridized carbons (Fsp3) is 0.174. The molecule has 0 bridgehead atoms. The first-order valence-electron chi connectivity index (χ1n) is 9.62. The van der Waals surface area contributed by atoms with E-state index < -0.39 is 23.5 Å². The lowest BCUT2D eigenvalue weighted by atomic mass is 9.95. The largest absolute Gasteiger partial charge is 0.507 e. The van der Waals surface area contributed by atoms with Gasteiger partial charge in [0.15, 0.2) is 0 Å². The van der Waals surface area contributed by atoms with E-state index in [2.05, 4.69) is 4.98 Å². The molecule has 30 heavy (non-hydrogen) atoms. The number of hydrogen-bond donors (Lipinski definition) is 1. The highest BCUT2D eigenvalue weighted by Crippen LogP contribution is 2.40. The van der Waals surface area contributed by atoms with Gasteiger partial charge in [0.1, 0.15) is 11.6 Å². The molecule has 2 aromatic carbocycles. The predicted molar refractivity (Wildman–Crippen MR) is 109 cm³/mol. The Morgan fingerprint density at radius 3 is 2.47 bits per heavy atom. The second-order valence-electron chi connectivity index (χ2n) is 7.03. The van der Waals surface area contributed by atoms with Crippen molar-refractivity contribution < 1.29 is 19.1 Å². The molecule has 1 aliphatic heterocycles. The molecule has 152 valence electrons. The van der Waals surface area contributed by atoms with E-state index in [1.54, 1.807) is 61.2 Å². The highest BCUT2D eigenvalue weighted by molar-refractivity contribution is 6.46. The minimum Gasteiger partial charge on any atom is -0.507 e. The average molecular weight is 405 g/mol. The topological polar surface area (TPSA) is 75.4 Å². The van der Waals surface area contributed by atoms with Crippen molar-refractivity contribution in [2.24, 2.45) is 0 Å². The second kappa shape index (κ2) is 8.32. The zero-order valence-corrected chi connectivity index (χ0v) is 16.1. The van der Waals surface area contributed by atoms with Gasteiger partial charge in [-0.3, -0.25) is 9.59 Å². The molecule has 0 spiro atoms. The molecule has 1 amide bonds. The molecule has 1 saturated heterocycles. The van der Waals surface area contributed by atoms with E-state index in [0.717, 1.165) is 0 Å². The van der Waals surface area contributed by atoms with Crippen molar-refractivity contribution in [2.75, 3.05) is 6.54 Å². The number of Topliss-reactive ketones (excluding diaryl/α,β-unsaturated/α-hetero) is 1. The van der Waals surface area contributed by atoms with Crippen LogP contribution in [-0.4, -0.2) is 37.8 Å². The van der Waals surface area contributed by atoms with Crippen LogP contribution in [0.3, 0.4) is 0 Å². The van der Waals surface area contributed by atoms with Crippen LogP contribution in [0.2, 0.25) is 0 Å². The minimum absolute atomic E-state index is 0.0982. The molecule has 1 fully saturated rings. The number of benzene rings is 2. The van der Waals surface area contributed by atoms with E-state index in [-0.39, 0.29) is 23.4 Å². The number of carbonyl (C=O) groups excluding carboxylic acids is 2. The third-order valence-electron chi connectivity index (χ3n) is 5.16. The Labute approximate surface area is 172 Å². The van der Waals surface area contributed by atoms with Gasteiger partial charge in [-0.2, -0.15) is 0 Å². The van der Waals surface area contributed by atoms with Gasteiger partial charge in [0.2, 0.25) is 0 Å². The molecular weight excluding hydrogens is 385 g/mol. The zero-order chi connectivity index (χ0) is 21.1. The lowest BCUT2D eigenvalue weighted by molar-refractivity contribution is -0.140. The maximum absolute atomic E-state index is 14.7. The van der Waals surface area contributed by atoms with Gasteiger partial charge < -0.3 is 14.6 Å². The van der Waals surface area contributed by atoms with E-state index in [9.17, 15) is 19.1 Å². The lowest BCUT2D eigenvalue weighted by Crippen LogP contribution is -2.31. The number of hydrogen-bond acceptors (Lipinski definition) is 4. The Kier molecular flexibility index (Phi) is 5.43. The summed E-state index contributed by atoms with van der Waals surface area (Å²) >= 11 is 0. The van der Waals surface area contributed by atoms with Crippen molar-refractivity contribution in [3.8, 4) is 0 Å². The number of likely N-dealkylation sites (tertiary alicyclic amines) is 1. The van der Waals surface area contributed by atoms with Gasteiger partial charge in [0.05, 0.1) is 17.9 Å². The number of aliphatic hydroxyl groups excluding tert-OH is 1. The smallest absolute Gasteiger partial charge is 0.295 e. The van der Waals surface area contributed by atoms with Crippen LogP contribution in [0, 0.1) is 5.82 Å². The maximum Gasteiger partial charge on any atom is 0.295 e. The van der Waals surface area contributed by atoms with E-state index >= 15 is 0 Å². The third-order valence-corrected chi connectivity index (χ3v) is 5.16. The maximum atomic E-state index is 14.7. The molecule has 0 aliphatic carbocycles. The molecule has 2 heterocycles. The monoisotopic (exact) mass is 405 g/mol. The first kappa shape index (κ1) is 19.6.